The van der Waals surface area contributed by atoms with Crippen LogP contribution in [0, 0.1) is 0 Å². The molecule has 0 amide bonds. The quantitative estimate of drug-likeness (QED) is 0.630. The first-order valence-corrected chi connectivity index (χ1v) is 4.57. The maximum atomic E-state index is 5.92. The first-order valence-electron chi connectivity index (χ1n) is 4.57. The smallest absolute Gasteiger partial charge is 0.0352 e. The molecular formula is C11H15N. The summed E-state index contributed by atoms with van der Waals surface area (Å²) >= 11 is 0. The van der Waals surface area contributed by atoms with Gasteiger partial charge in [-0.25, -0.2) is 0 Å². The largest absolute Gasteiger partial charge is 0.398 e. The number of nitrogen functional groups attached to an aromatic ring is 1. The van der Waals surface area contributed by atoms with Gasteiger partial charge in [-0.1, -0.05) is 31.5 Å². The molecule has 1 aromatic carbocycles. The summed E-state index contributed by atoms with van der Waals surface area (Å²) < 4.78 is 0. The molecule has 0 saturated heterocycles. The molecule has 12 heavy (non-hydrogen) atoms. The Morgan fingerprint density at radius 1 is 1.25 bits per heavy atom. The number of hydrogen-bond acceptors (Lipinski definition) is 1. The molecule has 2 N–H and O–H groups in total. The van der Waals surface area contributed by atoms with E-state index in [9.17, 15) is 0 Å². The monoisotopic (exact) mass is 161 g/mol. The number of hydrogen-bond donors (Lipinski definition) is 1. The van der Waals surface area contributed by atoms with Crippen LogP contribution in [0.1, 0.15) is 31.7 Å². The van der Waals surface area contributed by atoms with Crippen LogP contribution in [0.3, 0.4) is 0 Å². The minimum atomic E-state index is 0.380. The molecule has 1 aliphatic carbocycles. The number of benzene rings is 1. The first-order chi connectivity index (χ1) is 5.72. The van der Waals surface area contributed by atoms with Crippen molar-refractivity contribution in [3.05, 3.63) is 29.8 Å². The molecule has 2 rings (SSSR count). The van der Waals surface area contributed by atoms with Crippen molar-refractivity contribution in [2.45, 2.75) is 31.6 Å². The van der Waals surface area contributed by atoms with Gasteiger partial charge in [0.25, 0.3) is 0 Å². The van der Waals surface area contributed by atoms with Crippen molar-refractivity contribution < 1.29 is 0 Å². The second-order valence-corrected chi connectivity index (χ2v) is 4.00. The molecule has 0 heterocycles. The van der Waals surface area contributed by atoms with Crippen LogP contribution < -0.4 is 5.73 Å². The van der Waals surface area contributed by atoms with Crippen molar-refractivity contribution >= 4 is 5.69 Å². The van der Waals surface area contributed by atoms with Crippen LogP contribution in [-0.2, 0) is 5.41 Å². The SMILES string of the molecule is CC1(c2ccccc2N)CCC1. The van der Waals surface area contributed by atoms with Crippen LogP contribution in [0.25, 0.3) is 0 Å². The van der Waals surface area contributed by atoms with Crippen molar-refractivity contribution in [2.75, 3.05) is 5.73 Å². The predicted octanol–water partition coefficient (Wildman–Crippen LogP) is 2.71. The number of nitrogens with two attached hydrogens (primary N) is 1. The van der Waals surface area contributed by atoms with E-state index in [0.717, 1.165) is 5.69 Å². The highest BCUT2D eigenvalue weighted by Gasteiger charge is 2.34. The highest BCUT2D eigenvalue weighted by atomic mass is 14.6. The van der Waals surface area contributed by atoms with Crippen LogP contribution >= 0.6 is 0 Å². The Labute approximate surface area is 73.6 Å². The van der Waals surface area contributed by atoms with Gasteiger partial charge in [0.1, 0.15) is 0 Å². The van der Waals surface area contributed by atoms with Gasteiger partial charge >= 0.3 is 0 Å². The van der Waals surface area contributed by atoms with Gasteiger partial charge in [-0.05, 0) is 29.9 Å². The zero-order valence-corrected chi connectivity index (χ0v) is 7.51. The van der Waals surface area contributed by atoms with E-state index in [-0.39, 0.29) is 0 Å². The van der Waals surface area contributed by atoms with Crippen LogP contribution in [0.5, 0.6) is 0 Å². The second-order valence-electron chi connectivity index (χ2n) is 4.00. The summed E-state index contributed by atoms with van der Waals surface area (Å²) in [4.78, 5) is 0. The van der Waals surface area contributed by atoms with E-state index in [2.05, 4.69) is 19.1 Å². The van der Waals surface area contributed by atoms with Crippen LogP contribution in [-0.4, -0.2) is 0 Å². The number of anilines is 1. The van der Waals surface area contributed by atoms with Crippen LogP contribution in [0.4, 0.5) is 5.69 Å². The molecule has 0 unspecified atom stereocenters. The number of para-hydroxylation sites is 1. The van der Waals surface area contributed by atoms with E-state index in [1.54, 1.807) is 0 Å². The Balaban J connectivity index is 2.39. The number of rotatable bonds is 1. The third-order valence-electron chi connectivity index (χ3n) is 3.07. The zero-order chi connectivity index (χ0) is 8.60. The molecule has 64 valence electrons. The van der Waals surface area contributed by atoms with Crippen molar-refractivity contribution in [3.63, 3.8) is 0 Å². The molecule has 1 nitrogen and oxygen atoms in total. The molecule has 1 fully saturated rings. The molecule has 0 bridgehead atoms. The minimum absolute atomic E-state index is 0.380. The molecule has 1 heteroatoms. The summed E-state index contributed by atoms with van der Waals surface area (Å²) in [6, 6.07) is 8.24. The minimum Gasteiger partial charge on any atom is -0.398 e. The Kier molecular flexibility index (Phi) is 1.60. The van der Waals surface area contributed by atoms with E-state index in [1.165, 1.54) is 24.8 Å². The Morgan fingerprint density at radius 3 is 2.42 bits per heavy atom. The van der Waals surface area contributed by atoms with Crippen molar-refractivity contribution in [1.29, 1.82) is 0 Å². The average molecular weight is 161 g/mol. The third kappa shape index (κ3) is 1.01. The van der Waals surface area contributed by atoms with Crippen molar-refractivity contribution in [1.82, 2.24) is 0 Å². The van der Waals surface area contributed by atoms with E-state index in [0.29, 0.717) is 5.41 Å². The van der Waals surface area contributed by atoms with Gasteiger partial charge in [0.2, 0.25) is 0 Å². The first kappa shape index (κ1) is 7.66. The zero-order valence-electron chi connectivity index (χ0n) is 7.51. The van der Waals surface area contributed by atoms with E-state index >= 15 is 0 Å². The topological polar surface area (TPSA) is 26.0 Å². The van der Waals surface area contributed by atoms with Gasteiger partial charge in [0, 0.05) is 5.69 Å². The summed E-state index contributed by atoms with van der Waals surface area (Å²) in [5, 5.41) is 0. The normalized spacial score (nSPS) is 20.1. The van der Waals surface area contributed by atoms with Gasteiger partial charge in [-0.15, -0.1) is 0 Å². The summed E-state index contributed by atoms with van der Waals surface area (Å²) in [7, 11) is 0. The molecule has 1 saturated carbocycles. The fourth-order valence-electron chi connectivity index (χ4n) is 2.02. The van der Waals surface area contributed by atoms with Gasteiger partial charge in [0.15, 0.2) is 0 Å². The van der Waals surface area contributed by atoms with Gasteiger partial charge in [-0.2, -0.15) is 0 Å². The van der Waals surface area contributed by atoms with Gasteiger partial charge in [-0.3, -0.25) is 0 Å². The molecule has 0 spiro atoms. The fourth-order valence-corrected chi connectivity index (χ4v) is 2.02. The predicted molar refractivity (Wildman–Crippen MR) is 52.1 cm³/mol. The molecular weight excluding hydrogens is 146 g/mol. The summed E-state index contributed by atoms with van der Waals surface area (Å²) in [6.45, 7) is 2.31. The summed E-state index contributed by atoms with van der Waals surface area (Å²) in [6.07, 6.45) is 3.94. The molecule has 1 aliphatic rings. The highest BCUT2D eigenvalue weighted by Crippen LogP contribution is 2.44. The Bertz CT molecular complexity index is 287. The van der Waals surface area contributed by atoms with Crippen molar-refractivity contribution in [3.8, 4) is 0 Å². The maximum absolute atomic E-state index is 5.92. The Hall–Kier alpha value is -0.980. The van der Waals surface area contributed by atoms with Crippen molar-refractivity contribution in [2.24, 2.45) is 0 Å². The lowest BCUT2D eigenvalue weighted by Crippen LogP contribution is -2.31. The van der Waals surface area contributed by atoms with Gasteiger partial charge < -0.3 is 5.73 Å². The lowest BCUT2D eigenvalue weighted by Gasteiger charge is -2.39. The Morgan fingerprint density at radius 2 is 1.92 bits per heavy atom. The van der Waals surface area contributed by atoms with E-state index in [1.807, 2.05) is 12.1 Å². The van der Waals surface area contributed by atoms with E-state index in [4.69, 9.17) is 5.73 Å². The molecule has 1 aromatic rings. The van der Waals surface area contributed by atoms with E-state index < -0.39 is 0 Å². The lowest BCUT2D eigenvalue weighted by atomic mass is 9.65. The average Bonchev–Trinajstić information content (AvgIpc) is 2.01. The third-order valence-corrected chi connectivity index (χ3v) is 3.07. The maximum Gasteiger partial charge on any atom is 0.0352 e. The summed E-state index contributed by atoms with van der Waals surface area (Å²) in [5.41, 5.74) is 8.60. The van der Waals surface area contributed by atoms with Gasteiger partial charge in [0.05, 0.1) is 0 Å². The molecule has 0 radical (unpaired) electrons. The van der Waals surface area contributed by atoms with Crippen LogP contribution in [0.2, 0.25) is 0 Å². The molecule has 0 atom stereocenters. The molecule has 0 aromatic heterocycles. The highest BCUT2D eigenvalue weighted by molar-refractivity contribution is 5.51. The second kappa shape index (κ2) is 2.51. The fraction of sp³-hybridized carbons (Fsp3) is 0.455. The lowest BCUT2D eigenvalue weighted by molar-refractivity contribution is 0.273. The van der Waals surface area contributed by atoms with Crippen LogP contribution in [0.15, 0.2) is 24.3 Å². The summed E-state index contributed by atoms with van der Waals surface area (Å²) in [5.74, 6) is 0. The standard InChI is InChI=1S/C11H15N/c1-11(7-4-8-11)9-5-2-3-6-10(9)12/h2-3,5-6H,4,7-8,12H2,1H3. The molecule has 0 aliphatic heterocycles.